The summed E-state index contributed by atoms with van der Waals surface area (Å²) in [4.78, 5) is 2.12. The number of alkyl halides is 3. The Labute approximate surface area is 172 Å². The van der Waals surface area contributed by atoms with Crippen LogP contribution >= 0.6 is 0 Å². The third-order valence-electron chi connectivity index (χ3n) is 5.22. The molecule has 1 aliphatic rings. The molecular formula is C22H22F3N3O2. The third-order valence-corrected chi connectivity index (χ3v) is 5.22. The topological polar surface area (TPSA) is 58.5 Å². The molecule has 30 heavy (non-hydrogen) atoms. The maximum absolute atomic E-state index is 13.0. The van der Waals surface area contributed by atoms with Gasteiger partial charge in [0.1, 0.15) is 11.4 Å². The van der Waals surface area contributed by atoms with Crippen molar-refractivity contribution in [3.63, 3.8) is 0 Å². The zero-order valence-corrected chi connectivity index (χ0v) is 16.9. The van der Waals surface area contributed by atoms with Crippen LogP contribution in [0, 0.1) is 6.92 Å². The van der Waals surface area contributed by atoms with Crippen molar-refractivity contribution < 1.29 is 23.0 Å². The van der Waals surface area contributed by atoms with Crippen LogP contribution in [0.3, 0.4) is 0 Å². The molecule has 0 aliphatic carbocycles. The quantitative estimate of drug-likeness (QED) is 0.640. The normalized spacial score (nSPS) is 20.0. The van der Waals surface area contributed by atoms with Gasteiger partial charge in [-0.25, -0.2) is 0 Å². The van der Waals surface area contributed by atoms with Crippen LogP contribution in [0.5, 0.6) is 5.75 Å². The molecule has 4 rings (SSSR count). The number of phenolic OH excluding ortho intramolecular Hbond substituents is 1. The third kappa shape index (κ3) is 3.79. The summed E-state index contributed by atoms with van der Waals surface area (Å²) >= 11 is 0. The molecule has 2 atom stereocenters. The second kappa shape index (κ2) is 7.43. The molecule has 5 nitrogen and oxygen atoms in total. The number of aromatic hydroxyl groups is 1. The fourth-order valence-corrected chi connectivity index (χ4v) is 3.95. The van der Waals surface area contributed by atoms with Crippen LogP contribution in [-0.4, -0.2) is 40.6 Å². The molecule has 0 radical (unpaired) electrons. The van der Waals surface area contributed by atoms with E-state index in [9.17, 15) is 18.3 Å². The van der Waals surface area contributed by atoms with E-state index >= 15 is 0 Å². The highest BCUT2D eigenvalue weighted by Crippen LogP contribution is 2.39. The van der Waals surface area contributed by atoms with E-state index < -0.39 is 17.5 Å². The SMILES string of the molecule is Cc1ccc2c(-c3ccc(C(F)(F)F)cc3O)nnc(N3CC(C)OC(C)C3)c2c1. The first-order chi connectivity index (χ1) is 14.1. The highest BCUT2D eigenvalue weighted by Gasteiger charge is 2.32. The minimum atomic E-state index is -4.53. The Morgan fingerprint density at radius 1 is 1.00 bits per heavy atom. The Morgan fingerprint density at radius 3 is 2.33 bits per heavy atom. The first kappa shape index (κ1) is 20.4. The van der Waals surface area contributed by atoms with E-state index in [2.05, 4.69) is 15.1 Å². The number of halogens is 3. The van der Waals surface area contributed by atoms with Crippen LogP contribution in [0.4, 0.5) is 19.0 Å². The molecule has 0 bridgehead atoms. The summed E-state index contributed by atoms with van der Waals surface area (Å²) in [5.41, 5.74) is 0.660. The highest BCUT2D eigenvalue weighted by atomic mass is 19.4. The van der Waals surface area contributed by atoms with Gasteiger partial charge >= 0.3 is 6.18 Å². The lowest BCUT2D eigenvalue weighted by atomic mass is 10.0. The molecule has 1 N–H and O–H groups in total. The number of hydrogen-bond acceptors (Lipinski definition) is 5. The van der Waals surface area contributed by atoms with Crippen LogP contribution in [-0.2, 0) is 10.9 Å². The summed E-state index contributed by atoms with van der Waals surface area (Å²) in [5, 5.41) is 20.6. The van der Waals surface area contributed by atoms with E-state index in [0.717, 1.165) is 23.1 Å². The van der Waals surface area contributed by atoms with E-state index in [1.54, 1.807) is 0 Å². The number of phenols is 1. The summed E-state index contributed by atoms with van der Waals surface area (Å²) in [7, 11) is 0. The van der Waals surface area contributed by atoms with Gasteiger partial charge in [-0.3, -0.25) is 0 Å². The van der Waals surface area contributed by atoms with E-state index in [0.29, 0.717) is 30.0 Å². The number of aromatic nitrogens is 2. The van der Waals surface area contributed by atoms with Crippen LogP contribution in [0.1, 0.15) is 25.0 Å². The van der Waals surface area contributed by atoms with E-state index in [1.165, 1.54) is 6.07 Å². The second-order valence-electron chi connectivity index (χ2n) is 7.81. The van der Waals surface area contributed by atoms with Crippen molar-refractivity contribution in [1.82, 2.24) is 10.2 Å². The lowest BCUT2D eigenvalue weighted by Gasteiger charge is -2.36. The van der Waals surface area contributed by atoms with E-state index in [1.807, 2.05) is 39.0 Å². The Balaban J connectivity index is 1.86. The summed E-state index contributed by atoms with van der Waals surface area (Å²) in [6.45, 7) is 7.28. The number of fused-ring (bicyclic) bond motifs is 1. The molecule has 1 fully saturated rings. The van der Waals surface area contributed by atoms with Crippen LogP contribution in [0.25, 0.3) is 22.0 Å². The monoisotopic (exact) mass is 417 g/mol. The molecule has 2 aromatic carbocycles. The van der Waals surface area contributed by atoms with Crippen molar-refractivity contribution in [2.24, 2.45) is 0 Å². The van der Waals surface area contributed by atoms with Gasteiger partial charge < -0.3 is 14.7 Å². The summed E-state index contributed by atoms with van der Waals surface area (Å²) in [5.74, 6) is 0.216. The van der Waals surface area contributed by atoms with Crippen molar-refractivity contribution in [2.45, 2.75) is 39.2 Å². The fraction of sp³-hybridized carbons (Fsp3) is 0.364. The van der Waals surface area contributed by atoms with E-state index in [-0.39, 0.29) is 17.8 Å². The molecule has 2 heterocycles. The van der Waals surface area contributed by atoms with Gasteiger partial charge in [0, 0.05) is 29.4 Å². The first-order valence-electron chi connectivity index (χ1n) is 9.71. The number of anilines is 1. The minimum Gasteiger partial charge on any atom is -0.507 e. The van der Waals surface area contributed by atoms with Crippen LogP contribution < -0.4 is 4.90 Å². The number of nitrogens with zero attached hydrogens (tertiary/aromatic N) is 3. The summed E-state index contributed by atoms with van der Waals surface area (Å²) < 4.78 is 44.7. The zero-order valence-electron chi connectivity index (χ0n) is 16.9. The summed E-state index contributed by atoms with van der Waals surface area (Å²) in [6.07, 6.45) is -4.46. The second-order valence-corrected chi connectivity index (χ2v) is 7.81. The molecule has 1 aliphatic heterocycles. The van der Waals surface area contributed by atoms with Crippen molar-refractivity contribution >= 4 is 16.6 Å². The molecule has 0 spiro atoms. The number of morpholine rings is 1. The van der Waals surface area contributed by atoms with Gasteiger partial charge in [0.25, 0.3) is 0 Å². The Kier molecular flexibility index (Phi) is 5.05. The van der Waals surface area contributed by atoms with Gasteiger partial charge in [-0.1, -0.05) is 17.7 Å². The summed E-state index contributed by atoms with van der Waals surface area (Å²) in [6, 6.07) is 8.65. The molecule has 2 unspecified atom stereocenters. The fourth-order valence-electron chi connectivity index (χ4n) is 3.95. The lowest BCUT2D eigenvalue weighted by molar-refractivity contribution is -0.137. The standard InChI is InChI=1S/C22H22F3N3O2/c1-12-4-6-16-18(8-12)21(28-10-13(2)30-14(3)11-28)27-26-20(16)17-7-5-15(9-19(17)29)22(23,24)25/h4-9,13-14,29H,10-11H2,1-3H3. The van der Waals surface area contributed by atoms with Gasteiger partial charge in [-0.05, 0) is 45.0 Å². The maximum Gasteiger partial charge on any atom is 0.416 e. The minimum absolute atomic E-state index is 0.0362. The number of ether oxygens (including phenoxy) is 1. The average Bonchev–Trinajstić information content (AvgIpc) is 2.65. The smallest absolute Gasteiger partial charge is 0.416 e. The average molecular weight is 417 g/mol. The van der Waals surface area contributed by atoms with Crippen molar-refractivity contribution in [1.29, 1.82) is 0 Å². The lowest BCUT2D eigenvalue weighted by Crippen LogP contribution is -2.46. The Bertz CT molecular complexity index is 1090. The zero-order chi connectivity index (χ0) is 21.6. The largest absolute Gasteiger partial charge is 0.507 e. The number of hydrogen-bond donors (Lipinski definition) is 1. The van der Waals surface area contributed by atoms with Crippen LogP contribution in [0.2, 0.25) is 0 Å². The number of benzene rings is 2. The number of rotatable bonds is 2. The van der Waals surface area contributed by atoms with E-state index in [4.69, 9.17) is 4.74 Å². The molecule has 8 heteroatoms. The van der Waals surface area contributed by atoms with Gasteiger partial charge in [0.2, 0.25) is 0 Å². The van der Waals surface area contributed by atoms with Crippen molar-refractivity contribution in [3.8, 4) is 17.0 Å². The number of aryl methyl sites for hydroxylation is 1. The molecular weight excluding hydrogens is 395 g/mol. The predicted molar refractivity (Wildman–Crippen MR) is 109 cm³/mol. The highest BCUT2D eigenvalue weighted by molar-refractivity contribution is 6.01. The van der Waals surface area contributed by atoms with Gasteiger partial charge in [0.05, 0.1) is 17.8 Å². The molecule has 0 amide bonds. The predicted octanol–water partition coefficient (Wildman–Crippen LogP) is 4.94. The van der Waals surface area contributed by atoms with Gasteiger partial charge in [-0.2, -0.15) is 13.2 Å². The van der Waals surface area contributed by atoms with Gasteiger partial charge in [-0.15, -0.1) is 10.2 Å². The molecule has 3 aromatic rings. The van der Waals surface area contributed by atoms with Gasteiger partial charge in [0.15, 0.2) is 5.82 Å². The van der Waals surface area contributed by atoms with Crippen molar-refractivity contribution in [3.05, 3.63) is 47.5 Å². The molecule has 0 saturated carbocycles. The Hall–Kier alpha value is -2.87. The maximum atomic E-state index is 13.0. The first-order valence-corrected chi connectivity index (χ1v) is 9.71. The molecule has 1 aromatic heterocycles. The molecule has 158 valence electrons. The Morgan fingerprint density at radius 2 is 1.70 bits per heavy atom. The molecule has 1 saturated heterocycles. The van der Waals surface area contributed by atoms with Crippen molar-refractivity contribution in [2.75, 3.05) is 18.0 Å². The van der Waals surface area contributed by atoms with Crippen LogP contribution in [0.15, 0.2) is 36.4 Å².